The average Bonchev–Trinajstić information content (AvgIpc) is 2.51. The highest BCUT2D eigenvalue weighted by Gasteiger charge is 2.12. The number of hydrogen-bond donors (Lipinski definition) is 1. The maximum atomic E-state index is 13.0. The lowest BCUT2D eigenvalue weighted by Crippen LogP contribution is -2.33. The minimum absolute atomic E-state index is 0.199. The minimum atomic E-state index is -0.199. The summed E-state index contributed by atoms with van der Waals surface area (Å²) in [5.41, 5.74) is 1.11. The Kier molecular flexibility index (Phi) is 9.17. The van der Waals surface area contributed by atoms with Crippen LogP contribution in [0.2, 0.25) is 0 Å². The monoisotopic (exact) mass is 298 g/mol. The molecule has 21 heavy (non-hydrogen) atoms. The van der Waals surface area contributed by atoms with Gasteiger partial charge >= 0.3 is 0 Å². The molecule has 0 aliphatic heterocycles. The van der Waals surface area contributed by atoms with Crippen LogP contribution in [0.1, 0.15) is 18.0 Å². The van der Waals surface area contributed by atoms with E-state index in [-0.39, 0.29) is 11.9 Å². The maximum Gasteiger partial charge on any atom is 0.123 e. The molecule has 5 heteroatoms. The number of benzene rings is 1. The summed E-state index contributed by atoms with van der Waals surface area (Å²) in [6, 6.07) is 6.91. The molecule has 0 spiro atoms. The number of nitrogens with zero attached hydrogens (tertiary/aromatic N) is 1. The van der Waals surface area contributed by atoms with Crippen molar-refractivity contribution >= 4 is 0 Å². The van der Waals surface area contributed by atoms with Crippen molar-refractivity contribution in [3.8, 4) is 0 Å². The van der Waals surface area contributed by atoms with Gasteiger partial charge in [0.15, 0.2) is 0 Å². The van der Waals surface area contributed by atoms with Gasteiger partial charge in [0.25, 0.3) is 0 Å². The Morgan fingerprint density at radius 1 is 1.05 bits per heavy atom. The number of ether oxygens (including phenoxy) is 2. The molecule has 0 saturated heterocycles. The normalized spacial score (nSPS) is 12.8. The van der Waals surface area contributed by atoms with Crippen LogP contribution in [-0.2, 0) is 9.47 Å². The summed E-state index contributed by atoms with van der Waals surface area (Å²) in [4.78, 5) is 2.32. The van der Waals surface area contributed by atoms with Crippen molar-refractivity contribution in [3.63, 3.8) is 0 Å². The van der Waals surface area contributed by atoms with E-state index in [4.69, 9.17) is 9.47 Å². The smallest absolute Gasteiger partial charge is 0.123 e. The first-order chi connectivity index (χ1) is 10.2. The predicted molar refractivity (Wildman–Crippen MR) is 83.0 cm³/mol. The fraction of sp³-hybridized carbons (Fsp3) is 0.625. The Labute approximate surface area is 127 Å². The van der Waals surface area contributed by atoms with Crippen LogP contribution in [0.25, 0.3) is 0 Å². The standard InChI is InChI=1S/C16H27FN2O2/c1-18-16(14-4-6-15(17)7-5-14)8-9-19(10-12-20-2)11-13-21-3/h4-7,16,18H,8-13H2,1-3H3. The largest absolute Gasteiger partial charge is 0.383 e. The van der Waals surface area contributed by atoms with Gasteiger partial charge in [-0.2, -0.15) is 0 Å². The van der Waals surface area contributed by atoms with Crippen LogP contribution in [-0.4, -0.2) is 59.0 Å². The van der Waals surface area contributed by atoms with Crippen molar-refractivity contribution < 1.29 is 13.9 Å². The van der Waals surface area contributed by atoms with Crippen molar-refractivity contribution in [3.05, 3.63) is 35.6 Å². The van der Waals surface area contributed by atoms with E-state index in [0.717, 1.165) is 31.6 Å². The van der Waals surface area contributed by atoms with E-state index < -0.39 is 0 Å². The van der Waals surface area contributed by atoms with Gasteiger partial charge in [0.1, 0.15) is 5.82 Å². The fourth-order valence-corrected chi connectivity index (χ4v) is 2.26. The van der Waals surface area contributed by atoms with Crippen LogP contribution in [0.4, 0.5) is 4.39 Å². The van der Waals surface area contributed by atoms with Crippen molar-refractivity contribution in [1.29, 1.82) is 0 Å². The van der Waals surface area contributed by atoms with Crippen LogP contribution >= 0.6 is 0 Å². The third-order valence-corrected chi connectivity index (χ3v) is 3.58. The van der Waals surface area contributed by atoms with Crippen LogP contribution < -0.4 is 5.32 Å². The molecule has 1 aromatic rings. The number of hydrogen-bond acceptors (Lipinski definition) is 4. The number of rotatable bonds is 11. The molecule has 0 aromatic heterocycles. The van der Waals surface area contributed by atoms with Gasteiger partial charge in [-0.05, 0) is 31.2 Å². The van der Waals surface area contributed by atoms with Crippen molar-refractivity contribution in [1.82, 2.24) is 10.2 Å². The van der Waals surface area contributed by atoms with Gasteiger partial charge in [-0.15, -0.1) is 0 Å². The molecule has 0 heterocycles. The third kappa shape index (κ3) is 7.00. The predicted octanol–water partition coefficient (Wildman–Crippen LogP) is 2.07. The molecule has 1 unspecified atom stereocenters. The lowest BCUT2D eigenvalue weighted by Gasteiger charge is -2.25. The highest BCUT2D eigenvalue weighted by atomic mass is 19.1. The van der Waals surface area contributed by atoms with Crippen LogP contribution in [0.5, 0.6) is 0 Å². The van der Waals surface area contributed by atoms with Crippen LogP contribution in [0.15, 0.2) is 24.3 Å². The quantitative estimate of drug-likeness (QED) is 0.678. The van der Waals surface area contributed by atoms with Gasteiger partial charge in [-0.25, -0.2) is 4.39 Å². The molecule has 0 fully saturated rings. The van der Waals surface area contributed by atoms with Gasteiger partial charge in [-0.1, -0.05) is 12.1 Å². The van der Waals surface area contributed by atoms with E-state index >= 15 is 0 Å². The van der Waals surface area contributed by atoms with Crippen LogP contribution in [0, 0.1) is 5.82 Å². The Hall–Kier alpha value is -1.01. The first kappa shape index (κ1) is 18.0. The molecule has 0 saturated carbocycles. The summed E-state index contributed by atoms with van der Waals surface area (Å²) in [6.45, 7) is 4.14. The molecule has 1 aromatic carbocycles. The number of methoxy groups -OCH3 is 2. The third-order valence-electron chi connectivity index (χ3n) is 3.58. The van der Waals surface area contributed by atoms with Crippen molar-refractivity contribution in [2.75, 3.05) is 54.1 Å². The average molecular weight is 298 g/mol. The number of halogens is 1. The molecule has 0 amide bonds. The Balaban J connectivity index is 2.51. The molecule has 1 N–H and O–H groups in total. The molecule has 0 aliphatic rings. The lowest BCUT2D eigenvalue weighted by molar-refractivity contribution is 0.111. The Bertz CT molecular complexity index is 365. The van der Waals surface area contributed by atoms with Gasteiger partial charge in [-0.3, -0.25) is 4.90 Å². The second kappa shape index (κ2) is 10.7. The van der Waals surface area contributed by atoms with Gasteiger partial charge < -0.3 is 14.8 Å². The summed E-state index contributed by atoms with van der Waals surface area (Å²) < 4.78 is 23.3. The molecule has 120 valence electrons. The molecule has 4 nitrogen and oxygen atoms in total. The molecule has 0 aliphatic carbocycles. The van der Waals surface area contributed by atoms with Gasteiger partial charge in [0.2, 0.25) is 0 Å². The van der Waals surface area contributed by atoms with Gasteiger partial charge in [0, 0.05) is 39.9 Å². The van der Waals surface area contributed by atoms with E-state index in [9.17, 15) is 4.39 Å². The van der Waals surface area contributed by atoms with Crippen molar-refractivity contribution in [2.24, 2.45) is 0 Å². The topological polar surface area (TPSA) is 33.7 Å². The second-order valence-electron chi connectivity index (χ2n) is 5.01. The van der Waals surface area contributed by atoms with E-state index in [1.165, 1.54) is 12.1 Å². The molecule has 0 bridgehead atoms. The SMILES string of the molecule is CNC(CCN(CCOC)CCOC)c1ccc(F)cc1. The summed E-state index contributed by atoms with van der Waals surface area (Å²) >= 11 is 0. The fourth-order valence-electron chi connectivity index (χ4n) is 2.26. The van der Waals surface area contributed by atoms with E-state index in [2.05, 4.69) is 10.2 Å². The zero-order valence-electron chi connectivity index (χ0n) is 13.3. The highest BCUT2D eigenvalue weighted by Crippen LogP contribution is 2.17. The summed E-state index contributed by atoms with van der Waals surface area (Å²) in [6.07, 6.45) is 0.954. The second-order valence-corrected chi connectivity index (χ2v) is 5.01. The Morgan fingerprint density at radius 2 is 1.62 bits per heavy atom. The van der Waals surface area contributed by atoms with E-state index in [1.54, 1.807) is 14.2 Å². The molecular weight excluding hydrogens is 271 g/mol. The highest BCUT2D eigenvalue weighted by molar-refractivity contribution is 5.19. The summed E-state index contributed by atoms with van der Waals surface area (Å²) in [7, 11) is 5.36. The minimum Gasteiger partial charge on any atom is -0.383 e. The van der Waals surface area contributed by atoms with E-state index in [1.807, 2.05) is 19.2 Å². The van der Waals surface area contributed by atoms with Crippen molar-refractivity contribution in [2.45, 2.75) is 12.5 Å². The Morgan fingerprint density at radius 3 is 2.10 bits per heavy atom. The molecular formula is C16H27FN2O2. The molecule has 1 rings (SSSR count). The lowest BCUT2D eigenvalue weighted by atomic mass is 10.0. The van der Waals surface area contributed by atoms with Gasteiger partial charge in [0.05, 0.1) is 13.2 Å². The zero-order chi connectivity index (χ0) is 15.5. The zero-order valence-corrected chi connectivity index (χ0v) is 13.3. The molecule has 1 atom stereocenters. The summed E-state index contributed by atoms with van der Waals surface area (Å²) in [5, 5.41) is 3.29. The first-order valence-corrected chi connectivity index (χ1v) is 7.34. The number of nitrogens with one attached hydrogen (secondary N) is 1. The molecule has 0 radical (unpaired) electrons. The maximum absolute atomic E-state index is 13.0. The van der Waals surface area contributed by atoms with E-state index in [0.29, 0.717) is 13.2 Å². The van der Waals surface area contributed by atoms with Crippen LogP contribution in [0.3, 0.4) is 0 Å². The first-order valence-electron chi connectivity index (χ1n) is 7.34. The summed E-state index contributed by atoms with van der Waals surface area (Å²) in [5.74, 6) is -0.199.